The van der Waals surface area contributed by atoms with Crippen LogP contribution in [0.1, 0.15) is 0 Å². The molecule has 0 saturated carbocycles. The van der Waals surface area contributed by atoms with Crippen molar-refractivity contribution in [3.05, 3.63) is 19.7 Å². The van der Waals surface area contributed by atoms with E-state index in [9.17, 15) is 0 Å². The van der Waals surface area contributed by atoms with E-state index in [1.807, 2.05) is 5.38 Å². The third kappa shape index (κ3) is 4.37. The van der Waals surface area contributed by atoms with Crippen molar-refractivity contribution in [2.45, 2.75) is 0 Å². The fourth-order valence-corrected chi connectivity index (χ4v) is 1.78. The van der Waals surface area contributed by atoms with Crippen molar-refractivity contribution in [3.63, 3.8) is 0 Å². The molecule has 0 amide bonds. The van der Waals surface area contributed by atoms with Gasteiger partial charge in [-0.2, -0.15) is 0 Å². The first kappa shape index (κ1) is 13.5. The molecular weight excluding hydrogens is 344 g/mol. The van der Waals surface area contributed by atoms with Crippen LogP contribution in [0.25, 0.3) is 0 Å². The van der Waals surface area contributed by atoms with Gasteiger partial charge in [0.05, 0.1) is 0 Å². The molecule has 0 unspecified atom stereocenters. The number of rotatable bonds is 0. The van der Waals surface area contributed by atoms with E-state index in [0.29, 0.717) is 0 Å². The van der Waals surface area contributed by atoms with Gasteiger partial charge in [-0.15, -0.1) is 31.2 Å². The molecule has 1 rings (SSSR count). The zero-order valence-corrected chi connectivity index (χ0v) is 11.3. The molecule has 0 atom stereocenters. The molecule has 0 aromatic carbocycles. The zero-order valence-electron chi connectivity index (χ0n) is 4.33. The molecule has 9 heavy (non-hydrogen) atoms. The largest absolute Gasteiger partial charge is 2.00 e. The molecular formula is C4HBr3MgS. The minimum atomic E-state index is 0. The van der Waals surface area contributed by atoms with Crippen LogP contribution in [-0.4, -0.2) is 23.1 Å². The van der Waals surface area contributed by atoms with Crippen LogP contribution in [0.5, 0.6) is 0 Å². The number of thiophene rings is 1. The van der Waals surface area contributed by atoms with Gasteiger partial charge < -0.3 is 28.3 Å². The van der Waals surface area contributed by atoms with Gasteiger partial charge in [0, 0.05) is 0 Å². The van der Waals surface area contributed by atoms with Crippen molar-refractivity contribution in [1.82, 2.24) is 0 Å². The Hall–Kier alpha value is 1.91. The molecule has 0 N–H and O–H groups in total. The van der Waals surface area contributed by atoms with Crippen LogP contribution in [0.3, 0.4) is 0 Å². The van der Waals surface area contributed by atoms with Gasteiger partial charge in [0.2, 0.25) is 0 Å². The third-order valence-corrected chi connectivity index (χ3v) is 3.54. The summed E-state index contributed by atoms with van der Waals surface area (Å²) in [5.74, 6) is 0. The predicted octanol–water partition coefficient (Wildman–Crippen LogP) is -0.304. The van der Waals surface area contributed by atoms with E-state index in [1.165, 1.54) is 0 Å². The van der Waals surface area contributed by atoms with Crippen LogP contribution in [0.2, 0.25) is 0 Å². The Balaban J connectivity index is 0. The number of hydrogen-bond donors (Lipinski definition) is 0. The Bertz CT molecular complexity index is 148. The molecule has 0 aliphatic carbocycles. The van der Waals surface area contributed by atoms with Crippen LogP contribution >= 0.6 is 43.2 Å². The SMILES string of the molecule is Brc1[c-]scc1Br.[Br-].[Mg+2]. The maximum Gasteiger partial charge on any atom is 2.00 e. The summed E-state index contributed by atoms with van der Waals surface area (Å²) in [5.41, 5.74) is 0. The van der Waals surface area contributed by atoms with Gasteiger partial charge in [-0.1, -0.05) is 20.4 Å². The molecule has 1 aromatic rings. The summed E-state index contributed by atoms with van der Waals surface area (Å²) < 4.78 is 2.09. The zero-order chi connectivity index (χ0) is 5.28. The van der Waals surface area contributed by atoms with Gasteiger partial charge in [0.15, 0.2) is 0 Å². The number of hydrogen-bond acceptors (Lipinski definition) is 1. The van der Waals surface area contributed by atoms with Crippen molar-refractivity contribution < 1.29 is 17.0 Å². The van der Waals surface area contributed by atoms with Crippen molar-refractivity contribution in [1.29, 1.82) is 0 Å². The fraction of sp³-hybridized carbons (Fsp3) is 0. The van der Waals surface area contributed by atoms with E-state index < -0.39 is 0 Å². The standard InChI is InChI=1S/C4HBr2S.BrH.Mg/c5-3-1-7-2-4(3)6;;/h1H;1H;/q-1;;+2/p-1. The van der Waals surface area contributed by atoms with Crippen LogP contribution in [0.4, 0.5) is 0 Å². The van der Waals surface area contributed by atoms with E-state index in [-0.39, 0.29) is 40.0 Å². The van der Waals surface area contributed by atoms with Gasteiger partial charge in [-0.25, -0.2) is 0 Å². The van der Waals surface area contributed by atoms with Crippen LogP contribution < -0.4 is 17.0 Å². The molecule has 1 aromatic heterocycles. The summed E-state index contributed by atoms with van der Waals surface area (Å²) in [6.45, 7) is 0. The summed E-state index contributed by atoms with van der Waals surface area (Å²) in [7, 11) is 0. The van der Waals surface area contributed by atoms with Crippen molar-refractivity contribution in [2.24, 2.45) is 0 Å². The third-order valence-electron chi connectivity index (χ3n) is 0.521. The topological polar surface area (TPSA) is 0 Å². The smallest absolute Gasteiger partial charge is 1.00 e. The monoisotopic (exact) mass is 342 g/mol. The van der Waals surface area contributed by atoms with Crippen LogP contribution in [0, 0.1) is 5.38 Å². The first-order valence-corrected chi connectivity index (χ1v) is 4.07. The van der Waals surface area contributed by atoms with E-state index in [2.05, 4.69) is 37.2 Å². The second-order valence-electron chi connectivity index (χ2n) is 1.000. The van der Waals surface area contributed by atoms with Gasteiger partial charge in [-0.3, -0.25) is 0 Å². The number of halogens is 3. The van der Waals surface area contributed by atoms with Crippen LogP contribution in [-0.2, 0) is 0 Å². The van der Waals surface area contributed by atoms with Gasteiger partial charge in [-0.05, 0) is 0 Å². The van der Waals surface area contributed by atoms with E-state index in [1.54, 1.807) is 11.3 Å². The normalized spacial score (nSPS) is 7.33. The second-order valence-corrected chi connectivity index (χ2v) is 3.32. The van der Waals surface area contributed by atoms with Crippen molar-refractivity contribution >= 4 is 66.2 Å². The molecule has 0 radical (unpaired) electrons. The van der Waals surface area contributed by atoms with Gasteiger partial charge in [0.25, 0.3) is 0 Å². The fourth-order valence-electron chi connectivity index (χ4n) is 0.233. The summed E-state index contributed by atoms with van der Waals surface area (Å²) in [5, 5.41) is 4.96. The average Bonchev–Trinajstić information content (AvgIpc) is 1.91. The van der Waals surface area contributed by atoms with Crippen LogP contribution in [0.15, 0.2) is 14.3 Å². The molecule has 5 heteroatoms. The van der Waals surface area contributed by atoms with E-state index >= 15 is 0 Å². The van der Waals surface area contributed by atoms with Crippen molar-refractivity contribution in [3.8, 4) is 0 Å². The molecule has 1 heterocycles. The molecule has 46 valence electrons. The Labute approximate surface area is 102 Å². The van der Waals surface area contributed by atoms with E-state index in [0.717, 1.165) is 8.95 Å². The summed E-state index contributed by atoms with van der Waals surface area (Å²) in [6, 6.07) is 0. The molecule has 0 nitrogen and oxygen atoms in total. The van der Waals surface area contributed by atoms with E-state index in [4.69, 9.17) is 0 Å². The maximum atomic E-state index is 3.30. The van der Waals surface area contributed by atoms with Crippen molar-refractivity contribution in [2.75, 3.05) is 0 Å². The molecule has 0 aliphatic rings. The summed E-state index contributed by atoms with van der Waals surface area (Å²) in [6.07, 6.45) is 0. The minimum absolute atomic E-state index is 0. The average molecular weight is 345 g/mol. The second kappa shape index (κ2) is 6.61. The molecule has 0 spiro atoms. The first-order valence-electron chi connectivity index (χ1n) is 1.61. The predicted molar refractivity (Wildman–Crippen MR) is 44.3 cm³/mol. The Morgan fingerprint density at radius 2 is 2.00 bits per heavy atom. The summed E-state index contributed by atoms with van der Waals surface area (Å²) in [4.78, 5) is 0. The van der Waals surface area contributed by atoms with Gasteiger partial charge >= 0.3 is 23.1 Å². The molecule has 0 fully saturated rings. The Morgan fingerprint density at radius 1 is 1.44 bits per heavy atom. The van der Waals surface area contributed by atoms with Gasteiger partial charge in [0.1, 0.15) is 0 Å². The maximum absolute atomic E-state index is 3.30. The Morgan fingerprint density at radius 3 is 2.11 bits per heavy atom. The molecule has 0 bridgehead atoms. The molecule has 0 saturated heterocycles. The molecule has 0 aliphatic heterocycles. The first-order chi connectivity index (χ1) is 3.30. The Kier molecular flexibility index (Phi) is 9.90. The minimum Gasteiger partial charge on any atom is -1.00 e. The summed E-state index contributed by atoms with van der Waals surface area (Å²) >= 11 is 8.12. The quantitative estimate of drug-likeness (QED) is 0.447.